The highest BCUT2D eigenvalue weighted by Gasteiger charge is 2.04. The molecule has 0 bridgehead atoms. The van der Waals surface area contributed by atoms with Crippen molar-refractivity contribution in [2.75, 3.05) is 6.54 Å². The number of ether oxygens (including phenoxy) is 1. The third-order valence-electron chi connectivity index (χ3n) is 3.37. The van der Waals surface area contributed by atoms with Gasteiger partial charge < -0.3 is 15.2 Å². The number of alkyl carbamates (subject to hydrolysis) is 1. The van der Waals surface area contributed by atoms with E-state index >= 15 is 0 Å². The van der Waals surface area contributed by atoms with Crippen molar-refractivity contribution in [2.24, 2.45) is 0 Å². The summed E-state index contributed by atoms with van der Waals surface area (Å²) in [4.78, 5) is 11.5. The zero-order valence-electron chi connectivity index (χ0n) is 13.2. The number of aliphatic hydroxyl groups excluding tert-OH is 1. The summed E-state index contributed by atoms with van der Waals surface area (Å²) in [5, 5.41) is 11.7. The van der Waals surface area contributed by atoms with Gasteiger partial charge in [-0.05, 0) is 12.0 Å². The highest BCUT2D eigenvalue weighted by Crippen LogP contribution is 2.14. The average molecular weight is 329 g/mol. The summed E-state index contributed by atoms with van der Waals surface area (Å²) in [5.41, 5.74) is 1.60. The van der Waals surface area contributed by atoms with Crippen molar-refractivity contribution in [3.63, 3.8) is 0 Å². The second-order valence-corrected chi connectivity index (χ2v) is 5.16. The molecule has 0 aromatic heterocycles. The lowest BCUT2D eigenvalue weighted by molar-refractivity contribution is 0.140. The number of halogens is 1. The van der Waals surface area contributed by atoms with Gasteiger partial charge in [-0.3, -0.25) is 0 Å². The van der Waals surface area contributed by atoms with Gasteiger partial charge in [-0.25, -0.2) is 9.18 Å². The molecule has 0 atom stereocenters. The van der Waals surface area contributed by atoms with Gasteiger partial charge in [0.15, 0.2) is 0 Å². The summed E-state index contributed by atoms with van der Waals surface area (Å²) >= 11 is 0. The first-order valence-corrected chi connectivity index (χ1v) is 7.70. The third-order valence-corrected chi connectivity index (χ3v) is 3.37. The minimum absolute atomic E-state index is 0.224. The van der Waals surface area contributed by atoms with Crippen molar-refractivity contribution >= 4 is 12.2 Å². The largest absolute Gasteiger partial charge is 0.445 e. The molecule has 0 unspecified atom stereocenters. The van der Waals surface area contributed by atoms with Gasteiger partial charge in [0, 0.05) is 17.7 Å². The first kappa shape index (κ1) is 17.7. The number of aliphatic hydroxyl groups is 1. The molecule has 0 fully saturated rings. The number of hydrogen-bond donors (Lipinski definition) is 2. The quantitative estimate of drug-likeness (QED) is 0.762. The summed E-state index contributed by atoms with van der Waals surface area (Å²) in [6.07, 6.45) is 3.45. The zero-order chi connectivity index (χ0) is 17.2. The molecule has 4 nitrogen and oxygen atoms in total. The Hall–Kier alpha value is -2.66. The molecule has 0 aliphatic carbocycles. The van der Waals surface area contributed by atoms with E-state index < -0.39 is 11.9 Å². The van der Waals surface area contributed by atoms with E-state index in [-0.39, 0.29) is 18.8 Å². The molecule has 2 rings (SSSR count). The molecular formula is C19H20FNO3. The monoisotopic (exact) mass is 329 g/mol. The summed E-state index contributed by atoms with van der Waals surface area (Å²) in [6.45, 7) is 0.287. The van der Waals surface area contributed by atoms with Crippen molar-refractivity contribution < 1.29 is 19.0 Å². The van der Waals surface area contributed by atoms with Crippen LogP contribution in [0.2, 0.25) is 0 Å². The Morgan fingerprint density at radius 3 is 2.71 bits per heavy atom. The second-order valence-electron chi connectivity index (χ2n) is 5.16. The first-order chi connectivity index (χ1) is 11.7. The minimum Gasteiger partial charge on any atom is -0.445 e. The second kappa shape index (κ2) is 9.47. The van der Waals surface area contributed by atoms with E-state index in [2.05, 4.69) is 5.32 Å². The Bertz CT molecular complexity index is 686. The Labute approximate surface area is 140 Å². The third kappa shape index (κ3) is 5.52. The maximum Gasteiger partial charge on any atom is 0.407 e. The Kier molecular flexibility index (Phi) is 6.98. The lowest BCUT2D eigenvalue weighted by Crippen LogP contribution is -2.24. The molecule has 2 N–H and O–H groups in total. The van der Waals surface area contributed by atoms with Crippen LogP contribution in [-0.2, 0) is 18.0 Å². The number of hydrogen-bond acceptors (Lipinski definition) is 3. The fourth-order valence-corrected chi connectivity index (χ4v) is 2.09. The fourth-order valence-electron chi connectivity index (χ4n) is 2.09. The summed E-state index contributed by atoms with van der Waals surface area (Å²) in [5.74, 6) is -0.425. The molecule has 0 spiro atoms. The molecule has 2 aromatic carbocycles. The van der Waals surface area contributed by atoms with Gasteiger partial charge in [0.05, 0.1) is 6.61 Å². The molecular weight excluding hydrogens is 309 g/mol. The Morgan fingerprint density at radius 2 is 1.96 bits per heavy atom. The van der Waals surface area contributed by atoms with Gasteiger partial charge in [-0.15, -0.1) is 0 Å². The normalized spacial score (nSPS) is 10.8. The first-order valence-electron chi connectivity index (χ1n) is 7.70. The van der Waals surface area contributed by atoms with Crippen LogP contribution in [0.5, 0.6) is 0 Å². The van der Waals surface area contributed by atoms with E-state index in [9.17, 15) is 9.18 Å². The maximum atomic E-state index is 13.9. The summed E-state index contributed by atoms with van der Waals surface area (Å²) < 4.78 is 19.0. The van der Waals surface area contributed by atoms with E-state index in [1.165, 1.54) is 6.07 Å². The number of amides is 1. The highest BCUT2D eigenvalue weighted by molar-refractivity contribution is 5.67. The van der Waals surface area contributed by atoms with E-state index in [1.807, 2.05) is 30.3 Å². The number of carbonyl (C=O) groups excluding carboxylic acids is 1. The molecule has 5 heteroatoms. The van der Waals surface area contributed by atoms with Crippen LogP contribution in [0, 0.1) is 5.82 Å². The highest BCUT2D eigenvalue weighted by atomic mass is 19.1. The molecule has 24 heavy (non-hydrogen) atoms. The van der Waals surface area contributed by atoms with Gasteiger partial charge in [-0.1, -0.05) is 60.7 Å². The topological polar surface area (TPSA) is 58.6 Å². The van der Waals surface area contributed by atoms with Gasteiger partial charge in [0.25, 0.3) is 0 Å². The molecule has 0 saturated heterocycles. The van der Waals surface area contributed by atoms with Crippen molar-refractivity contribution in [2.45, 2.75) is 19.6 Å². The Balaban J connectivity index is 1.70. The van der Waals surface area contributed by atoms with Crippen LogP contribution in [0.1, 0.15) is 23.1 Å². The van der Waals surface area contributed by atoms with Crippen LogP contribution in [0.3, 0.4) is 0 Å². The van der Waals surface area contributed by atoms with Gasteiger partial charge >= 0.3 is 6.09 Å². The molecule has 0 radical (unpaired) electrons. The Morgan fingerprint density at radius 1 is 1.17 bits per heavy atom. The predicted octanol–water partition coefficient (Wildman–Crippen LogP) is 3.65. The van der Waals surface area contributed by atoms with Crippen molar-refractivity contribution in [3.8, 4) is 0 Å². The molecule has 0 saturated carbocycles. The van der Waals surface area contributed by atoms with Crippen LogP contribution in [0.25, 0.3) is 6.08 Å². The number of nitrogens with one attached hydrogen (secondary N) is 1. The molecule has 0 heterocycles. The number of rotatable bonds is 7. The van der Waals surface area contributed by atoms with E-state index in [0.717, 1.165) is 5.56 Å². The molecule has 1 amide bonds. The van der Waals surface area contributed by atoms with Crippen LogP contribution in [-0.4, -0.2) is 17.7 Å². The van der Waals surface area contributed by atoms with Crippen LogP contribution in [0.4, 0.5) is 9.18 Å². The summed E-state index contributed by atoms with van der Waals surface area (Å²) in [7, 11) is 0. The van der Waals surface area contributed by atoms with Crippen molar-refractivity contribution in [1.82, 2.24) is 5.32 Å². The van der Waals surface area contributed by atoms with Gasteiger partial charge in [0.1, 0.15) is 12.4 Å². The average Bonchev–Trinajstić information content (AvgIpc) is 2.62. The molecule has 0 aliphatic rings. The molecule has 0 aliphatic heterocycles. The lowest BCUT2D eigenvalue weighted by Gasteiger charge is -2.06. The van der Waals surface area contributed by atoms with Crippen LogP contribution >= 0.6 is 0 Å². The standard InChI is InChI=1S/C19H20FNO3/c20-18-16(10-6-11-17(18)13-22)9-4-5-12-21-19(23)24-14-15-7-2-1-3-8-15/h1-4,6-11,22H,5,12-14H2,(H,21,23). The van der Waals surface area contributed by atoms with E-state index in [1.54, 1.807) is 24.3 Å². The SMILES string of the molecule is O=C(NCCC=Cc1cccc(CO)c1F)OCc1ccccc1. The van der Waals surface area contributed by atoms with Crippen LogP contribution < -0.4 is 5.32 Å². The fraction of sp³-hybridized carbons (Fsp3) is 0.211. The maximum absolute atomic E-state index is 13.9. The van der Waals surface area contributed by atoms with Gasteiger partial charge in [0.2, 0.25) is 0 Å². The number of benzene rings is 2. The van der Waals surface area contributed by atoms with Gasteiger partial charge in [-0.2, -0.15) is 0 Å². The van der Waals surface area contributed by atoms with E-state index in [4.69, 9.17) is 9.84 Å². The van der Waals surface area contributed by atoms with Crippen molar-refractivity contribution in [1.29, 1.82) is 0 Å². The summed E-state index contributed by atoms with van der Waals surface area (Å²) in [6, 6.07) is 14.3. The lowest BCUT2D eigenvalue weighted by atomic mass is 10.1. The molecule has 2 aromatic rings. The van der Waals surface area contributed by atoms with E-state index in [0.29, 0.717) is 18.5 Å². The smallest absolute Gasteiger partial charge is 0.407 e. The minimum atomic E-state index is -0.485. The zero-order valence-corrected chi connectivity index (χ0v) is 13.2. The predicted molar refractivity (Wildman–Crippen MR) is 90.6 cm³/mol. The van der Waals surface area contributed by atoms with Crippen LogP contribution in [0.15, 0.2) is 54.6 Å². The molecule has 126 valence electrons. The number of carbonyl (C=O) groups is 1. The van der Waals surface area contributed by atoms with Crippen molar-refractivity contribution in [3.05, 3.63) is 77.1 Å².